The van der Waals surface area contributed by atoms with E-state index in [-0.39, 0.29) is 6.61 Å². The highest BCUT2D eigenvalue weighted by Gasteiger charge is 2.22. The number of carbonyl (C=O) groups is 4. The Morgan fingerprint density at radius 1 is 1.33 bits per heavy atom. The molecule has 5 N–H and O–H groups in total. The van der Waals surface area contributed by atoms with E-state index in [1.807, 2.05) is 5.32 Å². The molecule has 0 aliphatic rings. The molecule has 1 atom stereocenters. The molecular weight excluding hydrogens is 246 g/mol. The Balaban J connectivity index is 4.14. The smallest absolute Gasteiger partial charge is 0.326 e. The maximum atomic E-state index is 11.2. The molecule has 0 aromatic carbocycles. The zero-order valence-corrected chi connectivity index (χ0v) is 9.76. The normalized spacial score (nSPS) is 11.2. The topological polar surface area (TPSA) is 148 Å². The van der Waals surface area contributed by atoms with Crippen molar-refractivity contribution in [2.45, 2.75) is 19.4 Å². The molecule has 0 aromatic heterocycles. The van der Waals surface area contributed by atoms with Crippen LogP contribution >= 0.6 is 0 Å². The lowest BCUT2D eigenvalue weighted by Gasteiger charge is -2.13. The van der Waals surface area contributed by atoms with Gasteiger partial charge in [-0.3, -0.25) is 9.59 Å². The van der Waals surface area contributed by atoms with E-state index in [0.29, 0.717) is 0 Å². The fraction of sp³-hybridized carbons (Fsp3) is 0.556. The number of urea groups is 1. The summed E-state index contributed by atoms with van der Waals surface area (Å²) in [7, 11) is 0. The molecule has 0 rings (SSSR count). The van der Waals surface area contributed by atoms with Crippen LogP contribution < -0.4 is 16.4 Å². The molecule has 102 valence electrons. The van der Waals surface area contributed by atoms with Crippen molar-refractivity contribution in [1.29, 1.82) is 0 Å². The first kappa shape index (κ1) is 15.7. The lowest BCUT2D eigenvalue weighted by atomic mass is 10.2. The van der Waals surface area contributed by atoms with Crippen molar-refractivity contribution in [3.05, 3.63) is 0 Å². The number of esters is 1. The molecule has 0 heterocycles. The van der Waals surface area contributed by atoms with Crippen LogP contribution in [0.15, 0.2) is 0 Å². The van der Waals surface area contributed by atoms with Crippen LogP contribution in [0, 0.1) is 0 Å². The number of ether oxygens (including phenoxy) is 1. The number of hydrogen-bond donors (Lipinski definition) is 4. The molecule has 0 fully saturated rings. The van der Waals surface area contributed by atoms with Gasteiger partial charge in [-0.05, 0) is 6.92 Å². The van der Waals surface area contributed by atoms with E-state index in [2.05, 4.69) is 10.1 Å². The summed E-state index contributed by atoms with van der Waals surface area (Å²) in [5.41, 5.74) is 4.82. The third-order valence-corrected chi connectivity index (χ3v) is 1.71. The molecule has 0 aliphatic heterocycles. The van der Waals surface area contributed by atoms with Crippen molar-refractivity contribution in [1.82, 2.24) is 10.6 Å². The summed E-state index contributed by atoms with van der Waals surface area (Å²) in [6, 6.07) is -2.35. The second kappa shape index (κ2) is 7.87. The molecule has 0 aliphatic carbocycles. The standard InChI is InChI=1S/C9H15N3O6/c1-2-18-7(14)4-11-9(17)12-5(8(15)16)3-6(10)13/h5H,2-4H2,1H3,(H2,10,13)(H,15,16)(H2,11,12,17). The number of aliphatic carboxylic acids is 1. The van der Waals surface area contributed by atoms with Crippen molar-refractivity contribution in [3.63, 3.8) is 0 Å². The third kappa shape index (κ3) is 7.04. The van der Waals surface area contributed by atoms with Crippen LogP contribution in [-0.4, -0.2) is 48.2 Å². The van der Waals surface area contributed by atoms with Crippen LogP contribution in [0.5, 0.6) is 0 Å². The maximum absolute atomic E-state index is 11.2. The summed E-state index contributed by atoms with van der Waals surface area (Å²) in [5, 5.41) is 12.8. The van der Waals surface area contributed by atoms with E-state index in [1.165, 1.54) is 0 Å². The van der Waals surface area contributed by atoms with Crippen molar-refractivity contribution >= 4 is 23.9 Å². The van der Waals surface area contributed by atoms with Gasteiger partial charge in [0.1, 0.15) is 12.6 Å². The van der Waals surface area contributed by atoms with Crippen LogP contribution in [0.3, 0.4) is 0 Å². The van der Waals surface area contributed by atoms with Gasteiger partial charge in [-0.1, -0.05) is 0 Å². The summed E-state index contributed by atoms with van der Waals surface area (Å²) >= 11 is 0. The van der Waals surface area contributed by atoms with E-state index in [1.54, 1.807) is 6.92 Å². The fourth-order valence-electron chi connectivity index (χ4n) is 0.975. The number of carboxylic acid groups (broad SMARTS) is 1. The van der Waals surface area contributed by atoms with Gasteiger partial charge in [0, 0.05) is 0 Å². The van der Waals surface area contributed by atoms with Crippen LogP contribution in [-0.2, 0) is 19.1 Å². The zero-order valence-electron chi connectivity index (χ0n) is 9.76. The van der Waals surface area contributed by atoms with Crippen LogP contribution in [0.25, 0.3) is 0 Å². The Morgan fingerprint density at radius 3 is 2.39 bits per heavy atom. The van der Waals surface area contributed by atoms with Gasteiger partial charge in [-0.15, -0.1) is 0 Å². The number of rotatable bonds is 7. The minimum atomic E-state index is -1.44. The number of nitrogens with two attached hydrogens (primary N) is 1. The Bertz CT molecular complexity index is 343. The molecule has 0 aromatic rings. The van der Waals surface area contributed by atoms with Crippen LogP contribution in [0.2, 0.25) is 0 Å². The number of nitrogens with one attached hydrogen (secondary N) is 2. The molecular formula is C9H15N3O6. The highest BCUT2D eigenvalue weighted by atomic mass is 16.5. The highest BCUT2D eigenvalue weighted by Crippen LogP contribution is 1.91. The SMILES string of the molecule is CCOC(=O)CNC(=O)NC(CC(N)=O)C(=O)O. The molecule has 3 amide bonds. The molecule has 0 radical (unpaired) electrons. The van der Waals surface area contributed by atoms with Crippen LogP contribution in [0.1, 0.15) is 13.3 Å². The lowest BCUT2D eigenvalue weighted by molar-refractivity contribution is -0.141. The number of hydrogen-bond acceptors (Lipinski definition) is 5. The number of primary amides is 1. The lowest BCUT2D eigenvalue weighted by Crippen LogP contribution is -2.48. The van der Waals surface area contributed by atoms with Crippen molar-refractivity contribution < 1.29 is 29.0 Å². The molecule has 1 unspecified atom stereocenters. The first-order valence-corrected chi connectivity index (χ1v) is 5.07. The fourth-order valence-corrected chi connectivity index (χ4v) is 0.975. The monoisotopic (exact) mass is 261 g/mol. The van der Waals surface area contributed by atoms with Gasteiger partial charge in [0.15, 0.2) is 0 Å². The van der Waals surface area contributed by atoms with Gasteiger partial charge in [-0.2, -0.15) is 0 Å². The predicted molar refractivity (Wildman–Crippen MR) is 58.4 cm³/mol. The quantitative estimate of drug-likeness (QED) is 0.396. The number of amides is 3. The van der Waals surface area contributed by atoms with E-state index >= 15 is 0 Å². The minimum Gasteiger partial charge on any atom is -0.480 e. The minimum absolute atomic E-state index is 0.168. The van der Waals surface area contributed by atoms with Gasteiger partial charge >= 0.3 is 18.0 Å². The summed E-state index contributed by atoms with van der Waals surface area (Å²) in [4.78, 5) is 43.3. The van der Waals surface area contributed by atoms with E-state index in [9.17, 15) is 19.2 Å². The first-order valence-electron chi connectivity index (χ1n) is 5.07. The first-order chi connectivity index (χ1) is 8.36. The van der Waals surface area contributed by atoms with E-state index in [4.69, 9.17) is 10.8 Å². The average Bonchev–Trinajstić information content (AvgIpc) is 2.25. The molecule has 0 saturated carbocycles. The molecule has 18 heavy (non-hydrogen) atoms. The molecule has 0 saturated heterocycles. The van der Waals surface area contributed by atoms with Gasteiger partial charge in [-0.25, -0.2) is 9.59 Å². The van der Waals surface area contributed by atoms with Crippen molar-refractivity contribution in [2.24, 2.45) is 5.73 Å². The summed E-state index contributed by atoms with van der Waals surface area (Å²) < 4.78 is 4.54. The Labute approximate surface area is 103 Å². The van der Waals surface area contributed by atoms with E-state index < -0.39 is 42.9 Å². The molecule has 9 heteroatoms. The third-order valence-electron chi connectivity index (χ3n) is 1.71. The van der Waals surface area contributed by atoms with Crippen molar-refractivity contribution in [2.75, 3.05) is 13.2 Å². The van der Waals surface area contributed by atoms with Crippen LogP contribution in [0.4, 0.5) is 4.79 Å². The maximum Gasteiger partial charge on any atom is 0.326 e. The Morgan fingerprint density at radius 2 is 1.94 bits per heavy atom. The number of carboxylic acids is 1. The summed E-state index contributed by atoms with van der Waals surface area (Å²) in [6.07, 6.45) is -0.540. The van der Waals surface area contributed by atoms with Gasteiger partial charge < -0.3 is 26.2 Å². The Hall–Kier alpha value is -2.32. The molecule has 0 spiro atoms. The van der Waals surface area contributed by atoms with Crippen molar-refractivity contribution in [3.8, 4) is 0 Å². The van der Waals surface area contributed by atoms with Gasteiger partial charge in [0.25, 0.3) is 0 Å². The second-order valence-electron chi connectivity index (χ2n) is 3.19. The highest BCUT2D eigenvalue weighted by molar-refractivity contribution is 5.88. The Kier molecular flexibility index (Phi) is 6.86. The van der Waals surface area contributed by atoms with Gasteiger partial charge in [0.2, 0.25) is 5.91 Å². The molecule has 9 nitrogen and oxygen atoms in total. The summed E-state index contributed by atoms with van der Waals surface area (Å²) in [5.74, 6) is -2.93. The predicted octanol–water partition coefficient (Wildman–Crippen LogP) is -1.82. The zero-order chi connectivity index (χ0) is 14.1. The number of carbonyl (C=O) groups excluding carboxylic acids is 3. The largest absolute Gasteiger partial charge is 0.480 e. The molecule has 0 bridgehead atoms. The van der Waals surface area contributed by atoms with Gasteiger partial charge in [0.05, 0.1) is 13.0 Å². The average molecular weight is 261 g/mol. The van der Waals surface area contributed by atoms with E-state index in [0.717, 1.165) is 0 Å². The second-order valence-corrected chi connectivity index (χ2v) is 3.19. The summed E-state index contributed by atoms with van der Waals surface area (Å²) in [6.45, 7) is 1.37.